The molecule has 9 rings (SSSR count). The van der Waals surface area contributed by atoms with Crippen molar-refractivity contribution in [2.24, 2.45) is 0 Å². The highest BCUT2D eigenvalue weighted by Crippen LogP contribution is 2.36. The van der Waals surface area contributed by atoms with Gasteiger partial charge < -0.3 is 4.57 Å². The summed E-state index contributed by atoms with van der Waals surface area (Å²) in [7, 11) is 0. The molecule has 0 unspecified atom stereocenters. The van der Waals surface area contributed by atoms with Crippen LogP contribution in [0.4, 0.5) is 0 Å². The van der Waals surface area contributed by atoms with E-state index in [1.807, 2.05) is 60.7 Å². The fourth-order valence-electron chi connectivity index (χ4n) is 6.51. The van der Waals surface area contributed by atoms with E-state index < -0.39 is 0 Å². The lowest BCUT2D eigenvalue weighted by molar-refractivity contribution is 1.07. The van der Waals surface area contributed by atoms with Gasteiger partial charge in [-0.3, -0.25) is 0 Å². The molecule has 2 aromatic heterocycles. The molecule has 0 aliphatic rings. The summed E-state index contributed by atoms with van der Waals surface area (Å²) in [6, 6.07) is 59.3. The maximum atomic E-state index is 4.90. The van der Waals surface area contributed by atoms with Crippen molar-refractivity contribution in [3.05, 3.63) is 170 Å². The van der Waals surface area contributed by atoms with Gasteiger partial charge in [-0.2, -0.15) is 0 Å². The van der Waals surface area contributed by atoms with E-state index in [0.717, 1.165) is 33.5 Å². The summed E-state index contributed by atoms with van der Waals surface area (Å²) in [5, 5.41) is 5.00. The van der Waals surface area contributed by atoms with Gasteiger partial charge in [-0.1, -0.05) is 140 Å². The molecular formula is C43H28N4. The third-order valence-corrected chi connectivity index (χ3v) is 8.82. The zero-order chi connectivity index (χ0) is 31.2. The topological polar surface area (TPSA) is 43.6 Å². The lowest BCUT2D eigenvalue weighted by Gasteiger charge is -2.11. The molecule has 0 aliphatic carbocycles. The van der Waals surface area contributed by atoms with E-state index in [1.54, 1.807) is 0 Å². The molecule has 0 saturated heterocycles. The predicted octanol–water partition coefficient (Wildman–Crippen LogP) is 10.8. The molecule has 7 aromatic carbocycles. The highest BCUT2D eigenvalue weighted by Gasteiger charge is 2.15. The van der Waals surface area contributed by atoms with E-state index in [4.69, 9.17) is 15.0 Å². The van der Waals surface area contributed by atoms with Crippen LogP contribution in [0, 0.1) is 0 Å². The fourth-order valence-corrected chi connectivity index (χ4v) is 6.51. The SMILES string of the molecule is c1ccc(-c2nc(-c3ccccc3)nc(-c3ccc(-c4cccc(-n5c6ccccc6c6cc7ccccc7cc65)c4)cc3)n2)cc1. The summed E-state index contributed by atoms with van der Waals surface area (Å²) in [4.78, 5) is 14.6. The second kappa shape index (κ2) is 11.2. The van der Waals surface area contributed by atoms with Crippen LogP contribution in [0.2, 0.25) is 0 Å². The van der Waals surface area contributed by atoms with Crippen LogP contribution in [0.3, 0.4) is 0 Å². The first-order valence-electron chi connectivity index (χ1n) is 15.8. The third-order valence-electron chi connectivity index (χ3n) is 8.82. The summed E-state index contributed by atoms with van der Waals surface area (Å²) in [5.41, 5.74) is 8.66. The van der Waals surface area contributed by atoms with Gasteiger partial charge in [0.25, 0.3) is 0 Å². The summed E-state index contributed by atoms with van der Waals surface area (Å²) in [6.07, 6.45) is 0. The monoisotopic (exact) mass is 600 g/mol. The molecule has 0 amide bonds. The van der Waals surface area contributed by atoms with Crippen LogP contribution in [-0.2, 0) is 0 Å². The number of hydrogen-bond donors (Lipinski definition) is 0. The van der Waals surface area contributed by atoms with Crippen LogP contribution in [0.15, 0.2) is 170 Å². The molecule has 0 bridgehead atoms. The lowest BCUT2D eigenvalue weighted by Crippen LogP contribution is -2.00. The van der Waals surface area contributed by atoms with Gasteiger partial charge in [0.05, 0.1) is 11.0 Å². The Morgan fingerprint density at radius 3 is 1.49 bits per heavy atom. The molecule has 4 nitrogen and oxygen atoms in total. The molecule has 0 N–H and O–H groups in total. The maximum absolute atomic E-state index is 4.90. The molecule has 0 radical (unpaired) electrons. The zero-order valence-electron chi connectivity index (χ0n) is 25.5. The van der Waals surface area contributed by atoms with Gasteiger partial charge in [0.2, 0.25) is 0 Å². The average Bonchev–Trinajstić information content (AvgIpc) is 3.47. The van der Waals surface area contributed by atoms with Gasteiger partial charge in [0, 0.05) is 33.2 Å². The van der Waals surface area contributed by atoms with Crippen LogP contribution in [0.25, 0.3) is 83.6 Å². The van der Waals surface area contributed by atoms with Crippen LogP contribution in [0.5, 0.6) is 0 Å². The number of hydrogen-bond acceptors (Lipinski definition) is 3. The van der Waals surface area contributed by atoms with Crippen molar-refractivity contribution in [1.82, 2.24) is 19.5 Å². The Morgan fingerprint density at radius 2 is 0.830 bits per heavy atom. The van der Waals surface area contributed by atoms with Gasteiger partial charge in [0.15, 0.2) is 17.5 Å². The largest absolute Gasteiger partial charge is 0.309 e. The Morgan fingerprint density at radius 1 is 0.319 bits per heavy atom. The molecule has 2 heterocycles. The highest BCUT2D eigenvalue weighted by atomic mass is 15.0. The van der Waals surface area contributed by atoms with E-state index in [1.165, 1.54) is 32.6 Å². The number of benzene rings is 7. The zero-order valence-corrected chi connectivity index (χ0v) is 25.5. The lowest BCUT2D eigenvalue weighted by atomic mass is 10.0. The summed E-state index contributed by atoms with van der Waals surface area (Å²) in [6.45, 7) is 0. The predicted molar refractivity (Wildman–Crippen MR) is 193 cm³/mol. The Kier molecular flexibility index (Phi) is 6.43. The molecule has 0 fully saturated rings. The molecule has 0 spiro atoms. The van der Waals surface area contributed by atoms with Crippen molar-refractivity contribution >= 4 is 32.6 Å². The summed E-state index contributed by atoms with van der Waals surface area (Å²) < 4.78 is 2.38. The van der Waals surface area contributed by atoms with Gasteiger partial charge >= 0.3 is 0 Å². The minimum absolute atomic E-state index is 0.649. The van der Waals surface area contributed by atoms with Gasteiger partial charge in [-0.25, -0.2) is 15.0 Å². The molecule has 47 heavy (non-hydrogen) atoms. The van der Waals surface area contributed by atoms with Gasteiger partial charge in [-0.15, -0.1) is 0 Å². The molecular weight excluding hydrogens is 573 g/mol. The molecule has 4 heteroatoms. The van der Waals surface area contributed by atoms with E-state index in [0.29, 0.717) is 17.5 Å². The van der Waals surface area contributed by atoms with E-state index in [-0.39, 0.29) is 0 Å². The Labute approximate surface area is 272 Å². The average molecular weight is 601 g/mol. The first kappa shape index (κ1) is 27.0. The van der Waals surface area contributed by atoms with Crippen LogP contribution >= 0.6 is 0 Å². The number of aromatic nitrogens is 4. The number of nitrogens with zero attached hydrogens (tertiary/aromatic N) is 4. The molecule has 0 aliphatic heterocycles. The second-order valence-corrected chi connectivity index (χ2v) is 11.7. The van der Waals surface area contributed by atoms with Crippen molar-refractivity contribution in [3.8, 4) is 51.0 Å². The van der Waals surface area contributed by atoms with E-state index >= 15 is 0 Å². The molecule has 220 valence electrons. The van der Waals surface area contributed by atoms with E-state index in [2.05, 4.69) is 114 Å². The quantitative estimate of drug-likeness (QED) is 0.197. The van der Waals surface area contributed by atoms with Crippen molar-refractivity contribution in [2.45, 2.75) is 0 Å². The molecule has 0 saturated carbocycles. The normalized spacial score (nSPS) is 11.4. The van der Waals surface area contributed by atoms with Crippen molar-refractivity contribution in [2.75, 3.05) is 0 Å². The van der Waals surface area contributed by atoms with Crippen LogP contribution in [-0.4, -0.2) is 19.5 Å². The Hall–Kier alpha value is -6.39. The van der Waals surface area contributed by atoms with Gasteiger partial charge in [0.1, 0.15) is 0 Å². The first-order chi connectivity index (χ1) is 23.3. The summed E-state index contributed by atoms with van der Waals surface area (Å²) in [5.74, 6) is 1.96. The number of fused-ring (bicyclic) bond motifs is 4. The van der Waals surface area contributed by atoms with E-state index in [9.17, 15) is 0 Å². The van der Waals surface area contributed by atoms with Crippen molar-refractivity contribution in [3.63, 3.8) is 0 Å². The standard InChI is InChI=1S/C43H28N4/c1-3-12-30(13-4-1)41-44-42(31-14-5-2-6-15-31)46-43(45-41)32-24-22-29(23-25-32)33-18-11-19-36(26-33)47-39-21-10-9-20-37(39)38-27-34-16-7-8-17-35(34)28-40(38)47/h1-28H. The maximum Gasteiger partial charge on any atom is 0.164 e. The van der Waals surface area contributed by atoms with Crippen LogP contribution < -0.4 is 0 Å². The second-order valence-electron chi connectivity index (χ2n) is 11.7. The minimum Gasteiger partial charge on any atom is -0.309 e. The highest BCUT2D eigenvalue weighted by molar-refractivity contribution is 6.13. The fraction of sp³-hybridized carbons (Fsp3) is 0. The van der Waals surface area contributed by atoms with Crippen molar-refractivity contribution in [1.29, 1.82) is 0 Å². The molecule has 0 atom stereocenters. The molecule has 9 aromatic rings. The smallest absolute Gasteiger partial charge is 0.164 e. The number of rotatable bonds is 5. The Balaban J connectivity index is 1.13. The summed E-state index contributed by atoms with van der Waals surface area (Å²) >= 11 is 0. The third kappa shape index (κ3) is 4.84. The minimum atomic E-state index is 0.649. The van der Waals surface area contributed by atoms with Crippen molar-refractivity contribution < 1.29 is 0 Å². The Bertz CT molecular complexity index is 2490. The van der Waals surface area contributed by atoms with Crippen LogP contribution in [0.1, 0.15) is 0 Å². The number of para-hydroxylation sites is 1. The first-order valence-corrected chi connectivity index (χ1v) is 15.8. The van der Waals surface area contributed by atoms with Gasteiger partial charge in [-0.05, 0) is 52.2 Å².